The lowest BCUT2D eigenvalue weighted by molar-refractivity contribution is 0.0532. The summed E-state index contributed by atoms with van der Waals surface area (Å²) in [6.45, 7) is 15.6. The molecule has 1 fully saturated rings. The van der Waals surface area contributed by atoms with Crippen molar-refractivity contribution in [2.45, 2.75) is 52.2 Å². The van der Waals surface area contributed by atoms with E-state index in [9.17, 15) is 0 Å². The lowest BCUT2D eigenvalue weighted by atomic mass is 10.1. The van der Waals surface area contributed by atoms with Gasteiger partial charge in [0.25, 0.3) is 0 Å². The van der Waals surface area contributed by atoms with E-state index >= 15 is 0 Å². The van der Waals surface area contributed by atoms with Gasteiger partial charge in [-0.3, -0.25) is 0 Å². The number of piperidine rings is 1. The Labute approximate surface area is 187 Å². The lowest BCUT2D eigenvalue weighted by Gasteiger charge is -2.33. The molecule has 2 heterocycles. The summed E-state index contributed by atoms with van der Waals surface area (Å²) in [5.41, 5.74) is 1.06. The van der Waals surface area contributed by atoms with Gasteiger partial charge < -0.3 is 24.7 Å². The summed E-state index contributed by atoms with van der Waals surface area (Å²) < 4.78 is 11.1. The van der Waals surface area contributed by atoms with E-state index in [-0.39, 0.29) is 24.0 Å². The van der Waals surface area contributed by atoms with Crippen LogP contribution >= 0.6 is 24.0 Å². The summed E-state index contributed by atoms with van der Waals surface area (Å²) in [6.07, 6.45) is 5.10. The Hall–Kier alpha value is -1.06. The first-order valence-corrected chi connectivity index (χ1v) is 10.1. The predicted molar refractivity (Wildman–Crippen MR) is 127 cm³/mol. The number of ether oxygens (including phenoxy) is 1. The molecule has 1 saturated heterocycles. The molecule has 1 aliphatic heterocycles. The van der Waals surface area contributed by atoms with E-state index in [0.29, 0.717) is 18.7 Å². The topological polar surface area (TPSA) is 62.0 Å². The number of likely N-dealkylation sites (tertiary alicyclic amines) is 1. The third kappa shape index (κ3) is 10.5. The monoisotopic (exact) mass is 504 g/mol. The van der Waals surface area contributed by atoms with Gasteiger partial charge in [-0.1, -0.05) is 12.2 Å². The van der Waals surface area contributed by atoms with Crippen molar-refractivity contribution in [3.8, 4) is 0 Å². The van der Waals surface area contributed by atoms with Gasteiger partial charge in [-0.25, -0.2) is 4.99 Å². The zero-order valence-electron chi connectivity index (χ0n) is 17.6. The average molecular weight is 504 g/mol. The molecule has 7 heteroatoms. The van der Waals surface area contributed by atoms with Crippen LogP contribution in [0.4, 0.5) is 0 Å². The molecule has 0 radical (unpaired) electrons. The minimum absolute atomic E-state index is 0. The Balaban J connectivity index is 0.00000392. The zero-order chi connectivity index (χ0) is 19.5. The second-order valence-electron chi connectivity index (χ2n) is 7.56. The molecule has 2 N–H and O–H groups in total. The van der Waals surface area contributed by atoms with Gasteiger partial charge in [0.1, 0.15) is 5.76 Å². The van der Waals surface area contributed by atoms with E-state index in [1.165, 1.54) is 0 Å². The van der Waals surface area contributed by atoms with Crippen molar-refractivity contribution in [3.63, 3.8) is 0 Å². The van der Waals surface area contributed by atoms with E-state index in [0.717, 1.165) is 69.3 Å². The van der Waals surface area contributed by atoms with Gasteiger partial charge in [-0.2, -0.15) is 0 Å². The highest BCUT2D eigenvalue weighted by Gasteiger charge is 2.19. The minimum Gasteiger partial charge on any atom is -0.469 e. The summed E-state index contributed by atoms with van der Waals surface area (Å²) in [6, 6.07) is 4.37. The molecule has 1 aromatic heterocycles. The standard InChI is InChI=1S/C21H36N4O2.HI/c1-17(2)16-23-21(22-10-7-20-6-5-14-27-20)24-19-8-11-25(12-9-19)13-15-26-18(3)4;/h5-6,14,18-19H,1,7-13,15-16H2,2-4H3,(H2,22,23,24);1H. The van der Waals surface area contributed by atoms with Gasteiger partial charge in [0.15, 0.2) is 5.96 Å². The maximum atomic E-state index is 5.66. The van der Waals surface area contributed by atoms with Crippen LogP contribution in [-0.2, 0) is 11.2 Å². The maximum absolute atomic E-state index is 5.66. The molecular weight excluding hydrogens is 467 g/mol. The van der Waals surface area contributed by atoms with Crippen LogP contribution in [0.5, 0.6) is 0 Å². The first kappa shape index (κ1) is 25.0. The van der Waals surface area contributed by atoms with Crippen molar-refractivity contribution in [2.24, 2.45) is 4.99 Å². The fourth-order valence-electron chi connectivity index (χ4n) is 3.04. The molecule has 0 amide bonds. The van der Waals surface area contributed by atoms with E-state index in [4.69, 9.17) is 9.15 Å². The second-order valence-corrected chi connectivity index (χ2v) is 7.56. The molecule has 0 spiro atoms. The van der Waals surface area contributed by atoms with Crippen LogP contribution in [0.25, 0.3) is 0 Å². The van der Waals surface area contributed by atoms with Crippen LogP contribution < -0.4 is 10.6 Å². The summed E-state index contributed by atoms with van der Waals surface area (Å²) in [5, 5.41) is 7.02. The van der Waals surface area contributed by atoms with Crippen molar-refractivity contribution in [3.05, 3.63) is 36.3 Å². The first-order chi connectivity index (χ1) is 13.0. The summed E-state index contributed by atoms with van der Waals surface area (Å²) in [5.74, 6) is 1.85. The number of hydrogen-bond donors (Lipinski definition) is 2. The molecule has 6 nitrogen and oxygen atoms in total. The van der Waals surface area contributed by atoms with Crippen LogP contribution in [0.1, 0.15) is 39.4 Å². The smallest absolute Gasteiger partial charge is 0.191 e. The molecule has 2 rings (SSSR count). The molecule has 0 bridgehead atoms. The molecule has 0 aliphatic carbocycles. The maximum Gasteiger partial charge on any atom is 0.191 e. The Bertz CT molecular complexity index is 567. The molecule has 0 aromatic carbocycles. The predicted octanol–water partition coefficient (Wildman–Crippen LogP) is 3.44. The van der Waals surface area contributed by atoms with Gasteiger partial charge in [0.2, 0.25) is 0 Å². The molecular formula is C21H37IN4O2. The van der Waals surface area contributed by atoms with Crippen molar-refractivity contribution in [1.29, 1.82) is 0 Å². The fraction of sp³-hybridized carbons (Fsp3) is 0.667. The Kier molecular flexibility index (Phi) is 12.5. The minimum atomic E-state index is 0. The first-order valence-electron chi connectivity index (χ1n) is 10.1. The third-order valence-corrected chi connectivity index (χ3v) is 4.54. The van der Waals surface area contributed by atoms with E-state index in [2.05, 4.69) is 41.0 Å². The van der Waals surface area contributed by atoms with Gasteiger partial charge in [0.05, 0.1) is 25.5 Å². The Morgan fingerprint density at radius 3 is 2.75 bits per heavy atom. The van der Waals surface area contributed by atoms with Crippen molar-refractivity contribution in [2.75, 3.05) is 39.3 Å². The van der Waals surface area contributed by atoms with Gasteiger partial charge in [0, 0.05) is 38.6 Å². The quantitative estimate of drug-likeness (QED) is 0.221. The summed E-state index contributed by atoms with van der Waals surface area (Å²) in [4.78, 5) is 7.14. The molecule has 28 heavy (non-hydrogen) atoms. The third-order valence-electron chi connectivity index (χ3n) is 4.54. The summed E-state index contributed by atoms with van der Waals surface area (Å²) in [7, 11) is 0. The van der Waals surface area contributed by atoms with Gasteiger partial charge in [-0.05, 0) is 45.7 Å². The number of aliphatic imine (C=N–C) groups is 1. The number of nitrogens with zero attached hydrogens (tertiary/aromatic N) is 2. The average Bonchev–Trinajstić information content (AvgIpc) is 3.14. The van der Waals surface area contributed by atoms with Crippen molar-refractivity contribution >= 4 is 29.9 Å². The number of halogens is 1. The van der Waals surface area contributed by atoms with Gasteiger partial charge >= 0.3 is 0 Å². The molecule has 0 saturated carbocycles. The highest BCUT2D eigenvalue weighted by molar-refractivity contribution is 14.0. The molecule has 160 valence electrons. The van der Waals surface area contributed by atoms with Crippen LogP contribution in [0.2, 0.25) is 0 Å². The number of hydrogen-bond acceptors (Lipinski definition) is 4. The number of nitrogens with one attached hydrogen (secondary N) is 2. The van der Waals surface area contributed by atoms with Crippen LogP contribution in [0.15, 0.2) is 40.0 Å². The summed E-state index contributed by atoms with van der Waals surface area (Å²) >= 11 is 0. The van der Waals surface area contributed by atoms with Crippen LogP contribution in [0.3, 0.4) is 0 Å². The normalized spacial score (nSPS) is 16.1. The number of furan rings is 1. The van der Waals surface area contributed by atoms with E-state index in [1.54, 1.807) is 6.26 Å². The highest BCUT2D eigenvalue weighted by Crippen LogP contribution is 2.10. The lowest BCUT2D eigenvalue weighted by Crippen LogP contribution is -2.49. The van der Waals surface area contributed by atoms with Crippen molar-refractivity contribution < 1.29 is 9.15 Å². The highest BCUT2D eigenvalue weighted by atomic mass is 127. The van der Waals surface area contributed by atoms with Crippen molar-refractivity contribution in [1.82, 2.24) is 15.5 Å². The van der Waals surface area contributed by atoms with E-state index < -0.39 is 0 Å². The zero-order valence-corrected chi connectivity index (χ0v) is 19.9. The number of guanidine groups is 1. The van der Waals surface area contributed by atoms with Crippen LogP contribution in [0, 0.1) is 0 Å². The Morgan fingerprint density at radius 1 is 1.39 bits per heavy atom. The molecule has 1 aromatic rings. The van der Waals surface area contributed by atoms with Crippen LogP contribution in [-0.4, -0.2) is 62.3 Å². The van der Waals surface area contributed by atoms with E-state index in [1.807, 2.05) is 19.1 Å². The largest absolute Gasteiger partial charge is 0.469 e. The SMILES string of the molecule is C=C(C)CN=C(NCCc1ccco1)NC1CCN(CCOC(C)C)CC1.I. The fourth-order valence-corrected chi connectivity index (χ4v) is 3.04. The second kappa shape index (κ2) is 14.0. The molecule has 0 atom stereocenters. The molecule has 1 aliphatic rings. The Morgan fingerprint density at radius 2 is 2.14 bits per heavy atom. The van der Waals surface area contributed by atoms with Gasteiger partial charge in [-0.15, -0.1) is 24.0 Å². The molecule has 0 unspecified atom stereocenters. The number of rotatable bonds is 10.